The smallest absolute Gasteiger partial charge is 0.257 e. The quantitative estimate of drug-likeness (QED) is 0.704. The monoisotopic (exact) mass is 343 g/mol. The van der Waals surface area contributed by atoms with Crippen molar-refractivity contribution in [2.75, 3.05) is 5.32 Å². The summed E-state index contributed by atoms with van der Waals surface area (Å²) in [7, 11) is 0. The molecule has 1 aromatic carbocycles. The Morgan fingerprint density at radius 1 is 1.21 bits per heavy atom. The predicted octanol–water partition coefficient (Wildman–Crippen LogP) is 4.06. The standard InChI is InChI=1S/C17H17N3O3S/c1-10-9-14(20-23-10)19-16(21)15(13-7-5-4-6-8-13)24-17-18-11(2)12(3)22-17/h4-9,15H,1-3H3,(H,19,20,21). The summed E-state index contributed by atoms with van der Waals surface area (Å²) >= 11 is 1.26. The Morgan fingerprint density at radius 2 is 1.96 bits per heavy atom. The maximum absolute atomic E-state index is 12.7. The Balaban J connectivity index is 1.85. The normalized spacial score (nSPS) is 12.1. The number of hydrogen-bond acceptors (Lipinski definition) is 6. The molecule has 1 atom stereocenters. The van der Waals surface area contributed by atoms with Crippen molar-refractivity contribution < 1.29 is 13.7 Å². The van der Waals surface area contributed by atoms with Crippen molar-refractivity contribution >= 4 is 23.5 Å². The summed E-state index contributed by atoms with van der Waals surface area (Å²) in [6, 6.07) is 11.2. The molecular formula is C17H17N3O3S. The second kappa shape index (κ2) is 6.92. The van der Waals surface area contributed by atoms with Gasteiger partial charge in [-0.1, -0.05) is 35.5 Å². The first-order valence-corrected chi connectivity index (χ1v) is 8.30. The molecule has 2 heterocycles. The van der Waals surface area contributed by atoms with Gasteiger partial charge in [0.05, 0.1) is 5.69 Å². The molecule has 2 aromatic heterocycles. The lowest BCUT2D eigenvalue weighted by atomic mass is 10.1. The highest BCUT2D eigenvalue weighted by Crippen LogP contribution is 2.36. The topological polar surface area (TPSA) is 81.2 Å². The van der Waals surface area contributed by atoms with E-state index >= 15 is 0 Å². The van der Waals surface area contributed by atoms with Crippen LogP contribution in [0.25, 0.3) is 0 Å². The fraction of sp³-hybridized carbons (Fsp3) is 0.235. The van der Waals surface area contributed by atoms with Gasteiger partial charge < -0.3 is 14.3 Å². The number of nitrogens with one attached hydrogen (secondary N) is 1. The maximum atomic E-state index is 12.7. The van der Waals surface area contributed by atoms with E-state index in [0.29, 0.717) is 16.8 Å². The summed E-state index contributed by atoms with van der Waals surface area (Å²) in [5.74, 6) is 1.55. The van der Waals surface area contributed by atoms with Crippen LogP contribution in [0.1, 0.15) is 28.0 Å². The highest BCUT2D eigenvalue weighted by molar-refractivity contribution is 8.00. The van der Waals surface area contributed by atoms with Crippen molar-refractivity contribution in [1.29, 1.82) is 0 Å². The van der Waals surface area contributed by atoms with Gasteiger partial charge in [-0.2, -0.15) is 0 Å². The van der Waals surface area contributed by atoms with E-state index in [1.54, 1.807) is 13.0 Å². The number of rotatable bonds is 5. The molecular weight excluding hydrogens is 326 g/mol. The van der Waals surface area contributed by atoms with Crippen LogP contribution in [0.2, 0.25) is 0 Å². The third-order valence-electron chi connectivity index (χ3n) is 3.45. The Morgan fingerprint density at radius 3 is 2.54 bits per heavy atom. The van der Waals surface area contributed by atoms with E-state index in [1.807, 2.05) is 44.2 Å². The van der Waals surface area contributed by atoms with Crippen molar-refractivity contribution in [2.24, 2.45) is 0 Å². The molecule has 0 fully saturated rings. The van der Waals surface area contributed by atoms with E-state index in [0.717, 1.165) is 17.0 Å². The van der Waals surface area contributed by atoms with Crippen LogP contribution in [0, 0.1) is 20.8 Å². The van der Waals surface area contributed by atoms with Gasteiger partial charge in [-0.3, -0.25) is 4.79 Å². The van der Waals surface area contributed by atoms with Gasteiger partial charge in [-0.05, 0) is 38.1 Å². The van der Waals surface area contributed by atoms with Crippen LogP contribution in [-0.4, -0.2) is 16.0 Å². The zero-order valence-corrected chi connectivity index (χ0v) is 14.4. The van der Waals surface area contributed by atoms with E-state index in [4.69, 9.17) is 8.94 Å². The SMILES string of the molecule is Cc1cc(NC(=O)C(Sc2nc(C)c(C)o2)c2ccccc2)no1. The predicted molar refractivity (Wildman–Crippen MR) is 90.9 cm³/mol. The van der Waals surface area contributed by atoms with Gasteiger partial charge in [-0.15, -0.1) is 0 Å². The lowest BCUT2D eigenvalue weighted by molar-refractivity contribution is -0.115. The lowest BCUT2D eigenvalue weighted by Crippen LogP contribution is -2.19. The molecule has 0 spiro atoms. The molecule has 0 saturated heterocycles. The Bertz CT molecular complexity index is 822. The van der Waals surface area contributed by atoms with Crippen molar-refractivity contribution in [1.82, 2.24) is 10.1 Å². The minimum absolute atomic E-state index is 0.215. The summed E-state index contributed by atoms with van der Waals surface area (Å²) < 4.78 is 10.6. The molecule has 0 radical (unpaired) electrons. The van der Waals surface area contributed by atoms with Crippen LogP contribution in [0.5, 0.6) is 0 Å². The second-order valence-corrected chi connectivity index (χ2v) is 6.40. The highest BCUT2D eigenvalue weighted by Gasteiger charge is 2.25. The number of aromatic nitrogens is 2. The van der Waals surface area contributed by atoms with Crippen LogP contribution in [-0.2, 0) is 4.79 Å². The van der Waals surface area contributed by atoms with Gasteiger partial charge in [-0.25, -0.2) is 4.98 Å². The Hall–Kier alpha value is -2.54. The number of carbonyl (C=O) groups is 1. The number of hydrogen-bond donors (Lipinski definition) is 1. The van der Waals surface area contributed by atoms with Gasteiger partial charge in [0.1, 0.15) is 16.8 Å². The van der Waals surface area contributed by atoms with Crippen LogP contribution in [0.3, 0.4) is 0 Å². The summed E-state index contributed by atoms with van der Waals surface area (Å²) in [4.78, 5) is 17.1. The van der Waals surface area contributed by atoms with E-state index in [1.165, 1.54) is 11.8 Å². The molecule has 0 bridgehead atoms. The zero-order valence-electron chi connectivity index (χ0n) is 13.6. The maximum Gasteiger partial charge on any atom is 0.257 e. The number of nitrogens with zero attached hydrogens (tertiary/aromatic N) is 2. The number of thioether (sulfide) groups is 1. The zero-order chi connectivity index (χ0) is 17.1. The molecule has 24 heavy (non-hydrogen) atoms. The largest absolute Gasteiger partial charge is 0.437 e. The number of benzene rings is 1. The van der Waals surface area contributed by atoms with Gasteiger partial charge in [0.25, 0.3) is 5.22 Å². The first kappa shape index (κ1) is 16.3. The fourth-order valence-electron chi connectivity index (χ4n) is 2.11. The summed E-state index contributed by atoms with van der Waals surface area (Å²) in [6.07, 6.45) is 0. The van der Waals surface area contributed by atoms with Gasteiger partial charge in [0.15, 0.2) is 5.82 Å². The van der Waals surface area contributed by atoms with Gasteiger partial charge in [0.2, 0.25) is 5.91 Å². The van der Waals surface area contributed by atoms with Crippen molar-refractivity contribution in [3.63, 3.8) is 0 Å². The first-order chi connectivity index (χ1) is 11.5. The number of carbonyl (C=O) groups excluding carboxylic acids is 1. The molecule has 7 heteroatoms. The molecule has 1 N–H and O–H groups in total. The second-order valence-electron chi connectivity index (χ2n) is 5.34. The molecule has 0 aliphatic carbocycles. The summed E-state index contributed by atoms with van der Waals surface area (Å²) in [5, 5.41) is 6.52. The van der Waals surface area contributed by atoms with Gasteiger partial charge in [0, 0.05) is 6.07 Å². The minimum Gasteiger partial charge on any atom is -0.437 e. The number of oxazole rings is 1. The fourth-order valence-corrected chi connectivity index (χ4v) is 3.14. The molecule has 6 nitrogen and oxygen atoms in total. The number of anilines is 1. The molecule has 0 aliphatic heterocycles. The number of amides is 1. The molecule has 0 saturated carbocycles. The Labute approximate surface area is 143 Å². The molecule has 3 aromatic rings. The molecule has 124 valence electrons. The average Bonchev–Trinajstić information content (AvgIpc) is 3.11. The molecule has 1 unspecified atom stereocenters. The first-order valence-electron chi connectivity index (χ1n) is 7.43. The molecule has 1 amide bonds. The van der Waals surface area contributed by atoms with Crippen molar-refractivity contribution in [2.45, 2.75) is 31.2 Å². The summed E-state index contributed by atoms with van der Waals surface area (Å²) in [6.45, 7) is 5.49. The van der Waals surface area contributed by atoms with Crippen molar-refractivity contribution in [3.05, 3.63) is 59.2 Å². The van der Waals surface area contributed by atoms with E-state index < -0.39 is 5.25 Å². The Kier molecular flexibility index (Phi) is 4.71. The summed E-state index contributed by atoms with van der Waals surface area (Å²) in [5.41, 5.74) is 1.67. The number of aryl methyl sites for hydroxylation is 3. The average molecular weight is 343 g/mol. The van der Waals surface area contributed by atoms with Crippen molar-refractivity contribution in [3.8, 4) is 0 Å². The van der Waals surface area contributed by atoms with E-state index in [9.17, 15) is 4.79 Å². The van der Waals surface area contributed by atoms with Gasteiger partial charge >= 0.3 is 0 Å². The third kappa shape index (κ3) is 3.68. The van der Waals surface area contributed by atoms with Crippen LogP contribution >= 0.6 is 11.8 Å². The molecule has 0 aliphatic rings. The molecule has 3 rings (SSSR count). The lowest BCUT2D eigenvalue weighted by Gasteiger charge is -2.14. The highest BCUT2D eigenvalue weighted by atomic mass is 32.2. The minimum atomic E-state index is -0.513. The van der Waals surface area contributed by atoms with Crippen LogP contribution < -0.4 is 5.32 Å². The van der Waals surface area contributed by atoms with Crippen LogP contribution in [0.4, 0.5) is 5.82 Å². The third-order valence-corrected chi connectivity index (χ3v) is 4.55. The van der Waals surface area contributed by atoms with E-state index in [-0.39, 0.29) is 5.91 Å². The van der Waals surface area contributed by atoms with Crippen LogP contribution in [0.15, 0.2) is 50.6 Å². The van der Waals surface area contributed by atoms with E-state index in [2.05, 4.69) is 15.5 Å².